The van der Waals surface area contributed by atoms with Crippen molar-refractivity contribution in [3.8, 4) is 5.75 Å². The van der Waals surface area contributed by atoms with Gasteiger partial charge in [-0.15, -0.1) is 0 Å². The summed E-state index contributed by atoms with van der Waals surface area (Å²) in [5.74, 6) is 0.459. The first-order chi connectivity index (χ1) is 16.3. The molecule has 1 heterocycles. The summed E-state index contributed by atoms with van der Waals surface area (Å²) in [4.78, 5) is 26.4. The minimum Gasteiger partial charge on any atom is -0.496 e. The number of nitrogens with two attached hydrogens (primary N) is 3. The fraction of sp³-hybridized carbons (Fsp3) is 0.417. The first-order valence-electron chi connectivity index (χ1n) is 11.2. The van der Waals surface area contributed by atoms with Crippen LogP contribution in [0.1, 0.15) is 40.4 Å². The molecule has 2 amide bonds. The van der Waals surface area contributed by atoms with Crippen LogP contribution in [0.3, 0.4) is 0 Å². The number of nitrogens with zero attached hydrogens (tertiary/aromatic N) is 1. The van der Waals surface area contributed by atoms with E-state index in [0.29, 0.717) is 47.6 Å². The van der Waals surface area contributed by atoms with Gasteiger partial charge in [-0.1, -0.05) is 35.9 Å². The predicted molar refractivity (Wildman–Crippen MR) is 132 cm³/mol. The maximum atomic E-state index is 12.7. The third-order valence-corrected chi connectivity index (χ3v) is 6.42. The van der Waals surface area contributed by atoms with E-state index in [1.807, 2.05) is 24.3 Å². The summed E-state index contributed by atoms with van der Waals surface area (Å²) >= 11 is 6.07. The van der Waals surface area contributed by atoms with Crippen LogP contribution < -0.4 is 27.3 Å². The summed E-state index contributed by atoms with van der Waals surface area (Å²) in [6.45, 7) is 3.17. The fourth-order valence-electron chi connectivity index (χ4n) is 4.07. The van der Waals surface area contributed by atoms with E-state index in [0.717, 1.165) is 37.1 Å². The number of carbonyl (C=O) groups is 2. The molecule has 34 heavy (non-hydrogen) atoms. The Bertz CT molecular complexity index is 994. The zero-order chi connectivity index (χ0) is 24.7. The number of hydrogen-bond acceptors (Lipinski definition) is 7. The minimum absolute atomic E-state index is 0.253. The van der Waals surface area contributed by atoms with Gasteiger partial charge in [-0.3, -0.25) is 9.69 Å². The number of piperidine rings is 1. The number of carbonyl (C=O) groups excluding carboxylic acids is 2. The molecule has 3 rings (SSSR count). The highest BCUT2D eigenvalue weighted by atomic mass is 35.5. The molecule has 1 aliphatic heterocycles. The summed E-state index contributed by atoms with van der Waals surface area (Å²) in [5, 5.41) is 3.29. The van der Waals surface area contributed by atoms with Gasteiger partial charge >= 0.3 is 6.09 Å². The largest absolute Gasteiger partial charge is 0.496 e. The monoisotopic (exact) mass is 489 g/mol. The number of amides is 2. The molecule has 184 valence electrons. The van der Waals surface area contributed by atoms with E-state index in [4.69, 9.17) is 38.3 Å². The number of ether oxygens (including phenoxy) is 2. The van der Waals surface area contributed by atoms with E-state index in [9.17, 15) is 9.59 Å². The van der Waals surface area contributed by atoms with Gasteiger partial charge in [-0.2, -0.15) is 0 Å². The number of primary amides is 1. The summed E-state index contributed by atoms with van der Waals surface area (Å²) < 4.78 is 10.6. The normalized spacial score (nSPS) is 15.5. The summed E-state index contributed by atoms with van der Waals surface area (Å²) in [7, 11) is 1.48. The third kappa shape index (κ3) is 6.75. The van der Waals surface area contributed by atoms with Crippen molar-refractivity contribution >= 4 is 29.3 Å². The van der Waals surface area contributed by atoms with Gasteiger partial charge in [0.05, 0.1) is 23.4 Å². The number of methoxy groups -OCH3 is 1. The second-order valence-electron chi connectivity index (χ2n) is 8.40. The van der Waals surface area contributed by atoms with E-state index in [2.05, 4.69) is 10.2 Å². The molecule has 10 heteroatoms. The average Bonchev–Trinajstić information content (AvgIpc) is 2.84. The fourth-order valence-corrected chi connectivity index (χ4v) is 4.24. The maximum Gasteiger partial charge on any atom is 0.405 e. The summed E-state index contributed by atoms with van der Waals surface area (Å²) in [6, 6.07) is 10.7. The van der Waals surface area contributed by atoms with Gasteiger partial charge in [-0.05, 0) is 49.0 Å². The number of benzene rings is 2. The van der Waals surface area contributed by atoms with Crippen LogP contribution in [0, 0.1) is 5.92 Å². The van der Waals surface area contributed by atoms with Crippen molar-refractivity contribution in [1.29, 1.82) is 0 Å². The van der Waals surface area contributed by atoms with Gasteiger partial charge in [0, 0.05) is 25.7 Å². The number of nitrogens with one attached hydrogen (secondary N) is 1. The lowest BCUT2D eigenvalue weighted by Gasteiger charge is -2.34. The SMILES string of the molecule is COc1cc(N)c(Cl)cc1C(=O)NCC1CCN(CC(OC(N)=O)c2ccc(CN)cc2)CC1. The molecule has 0 radical (unpaired) electrons. The number of hydrogen-bond donors (Lipinski definition) is 4. The van der Waals surface area contributed by atoms with E-state index in [1.54, 1.807) is 6.07 Å². The Morgan fingerprint density at radius 1 is 1.21 bits per heavy atom. The van der Waals surface area contributed by atoms with Gasteiger partial charge < -0.3 is 32.0 Å². The topological polar surface area (TPSA) is 146 Å². The Morgan fingerprint density at radius 3 is 2.47 bits per heavy atom. The number of nitrogen functional groups attached to an aromatic ring is 1. The van der Waals surface area contributed by atoms with Crippen molar-refractivity contribution in [2.24, 2.45) is 17.4 Å². The van der Waals surface area contributed by atoms with Crippen LogP contribution in [0.4, 0.5) is 10.5 Å². The van der Waals surface area contributed by atoms with Crippen LogP contribution >= 0.6 is 11.6 Å². The molecule has 2 aromatic carbocycles. The molecule has 0 spiro atoms. The van der Waals surface area contributed by atoms with Crippen LogP contribution in [0.2, 0.25) is 5.02 Å². The van der Waals surface area contributed by atoms with E-state index < -0.39 is 12.2 Å². The van der Waals surface area contributed by atoms with Crippen molar-refractivity contribution in [1.82, 2.24) is 10.2 Å². The molecule has 0 aliphatic carbocycles. The van der Waals surface area contributed by atoms with Crippen molar-refractivity contribution in [2.75, 3.05) is 39.0 Å². The van der Waals surface area contributed by atoms with Crippen molar-refractivity contribution < 1.29 is 19.1 Å². The van der Waals surface area contributed by atoms with Crippen molar-refractivity contribution in [3.63, 3.8) is 0 Å². The number of anilines is 1. The summed E-state index contributed by atoms with van der Waals surface area (Å²) in [6.07, 6.45) is 0.539. The zero-order valence-corrected chi connectivity index (χ0v) is 20.0. The van der Waals surface area contributed by atoms with Crippen molar-refractivity contribution in [3.05, 3.63) is 58.1 Å². The first-order valence-corrected chi connectivity index (χ1v) is 11.6. The van der Waals surface area contributed by atoms with Crippen LogP contribution in [0.5, 0.6) is 5.75 Å². The van der Waals surface area contributed by atoms with Crippen LogP contribution in [-0.2, 0) is 11.3 Å². The Labute approximate surface area is 204 Å². The second kappa shape index (κ2) is 11.9. The van der Waals surface area contributed by atoms with Gasteiger partial charge in [-0.25, -0.2) is 4.79 Å². The molecular formula is C24H32ClN5O4. The lowest BCUT2D eigenvalue weighted by molar-refractivity contribution is 0.0633. The third-order valence-electron chi connectivity index (χ3n) is 6.09. The Hall–Kier alpha value is -3.01. The van der Waals surface area contributed by atoms with Gasteiger partial charge in [0.25, 0.3) is 5.91 Å². The van der Waals surface area contributed by atoms with Gasteiger partial charge in [0.1, 0.15) is 11.9 Å². The molecular weight excluding hydrogens is 458 g/mol. The van der Waals surface area contributed by atoms with E-state index >= 15 is 0 Å². The first kappa shape index (κ1) is 25.6. The molecule has 2 aromatic rings. The highest BCUT2D eigenvalue weighted by Gasteiger charge is 2.25. The molecule has 7 N–H and O–H groups in total. The van der Waals surface area contributed by atoms with Crippen LogP contribution in [0.15, 0.2) is 36.4 Å². The lowest BCUT2D eigenvalue weighted by atomic mass is 9.96. The molecule has 1 aliphatic rings. The Morgan fingerprint density at radius 2 is 1.88 bits per heavy atom. The molecule has 1 unspecified atom stereocenters. The van der Waals surface area contributed by atoms with Crippen molar-refractivity contribution in [2.45, 2.75) is 25.5 Å². The smallest absolute Gasteiger partial charge is 0.405 e. The Kier molecular flexibility index (Phi) is 8.98. The highest BCUT2D eigenvalue weighted by molar-refractivity contribution is 6.33. The van der Waals surface area contributed by atoms with Gasteiger partial charge in [0.2, 0.25) is 0 Å². The van der Waals surface area contributed by atoms with E-state index in [1.165, 1.54) is 13.2 Å². The average molecular weight is 490 g/mol. The second-order valence-corrected chi connectivity index (χ2v) is 8.81. The lowest BCUT2D eigenvalue weighted by Crippen LogP contribution is -2.41. The molecule has 1 saturated heterocycles. The quantitative estimate of drug-likeness (QED) is 0.396. The van der Waals surface area contributed by atoms with Crippen LogP contribution in [0.25, 0.3) is 0 Å². The molecule has 9 nitrogen and oxygen atoms in total. The zero-order valence-electron chi connectivity index (χ0n) is 19.3. The number of likely N-dealkylation sites (tertiary alicyclic amines) is 1. The molecule has 0 aromatic heterocycles. The van der Waals surface area contributed by atoms with E-state index in [-0.39, 0.29) is 5.91 Å². The Balaban J connectivity index is 1.52. The molecule has 1 fully saturated rings. The number of rotatable bonds is 9. The maximum absolute atomic E-state index is 12.7. The molecule has 0 bridgehead atoms. The summed E-state index contributed by atoms with van der Waals surface area (Å²) in [5.41, 5.74) is 19.4. The molecule has 1 atom stereocenters. The number of halogens is 1. The highest BCUT2D eigenvalue weighted by Crippen LogP contribution is 2.29. The van der Waals surface area contributed by atoms with Crippen LogP contribution in [-0.4, -0.2) is 50.2 Å². The molecule has 0 saturated carbocycles. The van der Waals surface area contributed by atoms with Gasteiger partial charge in [0.15, 0.2) is 0 Å². The predicted octanol–water partition coefficient (Wildman–Crippen LogP) is 2.67. The minimum atomic E-state index is -0.802. The standard InChI is InChI=1S/C24H32ClN5O4/c1-33-21-11-20(27)19(25)10-18(21)23(31)29-13-16-6-8-30(9-7-16)14-22(34-24(28)32)17-4-2-15(12-26)3-5-17/h2-5,10-11,16,22H,6-9,12-14,26-27H2,1H3,(H2,28,32)(H,29,31).